The summed E-state index contributed by atoms with van der Waals surface area (Å²) in [6.07, 6.45) is 0.989. The van der Waals surface area contributed by atoms with Gasteiger partial charge in [0.05, 0.1) is 12.0 Å². The Morgan fingerprint density at radius 3 is 2.79 bits per heavy atom. The van der Waals surface area contributed by atoms with Crippen LogP contribution in [0.5, 0.6) is 5.75 Å². The Labute approximate surface area is 112 Å². The maximum Gasteiger partial charge on any atom is 0.139 e. The first-order valence-corrected chi connectivity index (χ1v) is 6.58. The molecule has 0 aliphatic heterocycles. The van der Waals surface area contributed by atoms with E-state index in [0.717, 1.165) is 40.7 Å². The molecule has 0 bridgehead atoms. The summed E-state index contributed by atoms with van der Waals surface area (Å²) < 4.78 is 11.7. The van der Waals surface area contributed by atoms with Gasteiger partial charge in [0.1, 0.15) is 16.9 Å². The van der Waals surface area contributed by atoms with Gasteiger partial charge in [-0.05, 0) is 38.2 Å². The minimum Gasteiger partial charge on any atom is -0.493 e. The van der Waals surface area contributed by atoms with Crippen molar-refractivity contribution >= 4 is 21.9 Å². The quantitative estimate of drug-likeness (QED) is 0.708. The number of hydrogen-bond donors (Lipinski definition) is 1. The molecule has 2 aromatic carbocycles. The number of ether oxygens (including phenoxy) is 1. The molecular weight excluding hydrogens is 238 g/mol. The van der Waals surface area contributed by atoms with Crippen LogP contribution in [0.4, 0.5) is 0 Å². The van der Waals surface area contributed by atoms with Crippen LogP contribution in [0.25, 0.3) is 21.9 Å². The Hall–Kier alpha value is -2.00. The van der Waals surface area contributed by atoms with Crippen LogP contribution >= 0.6 is 0 Å². The highest BCUT2D eigenvalue weighted by Gasteiger charge is 2.10. The van der Waals surface area contributed by atoms with Crippen LogP contribution in [-0.2, 0) is 0 Å². The molecule has 0 aliphatic carbocycles. The number of hydrogen-bond acceptors (Lipinski definition) is 3. The normalized spacial score (nSPS) is 11.2. The van der Waals surface area contributed by atoms with Crippen LogP contribution in [0.1, 0.15) is 6.42 Å². The molecule has 0 amide bonds. The molecule has 1 heterocycles. The van der Waals surface area contributed by atoms with E-state index in [2.05, 4.69) is 11.4 Å². The summed E-state index contributed by atoms with van der Waals surface area (Å²) in [4.78, 5) is 0. The van der Waals surface area contributed by atoms with Gasteiger partial charge in [0.2, 0.25) is 0 Å². The van der Waals surface area contributed by atoms with Gasteiger partial charge < -0.3 is 14.5 Å². The van der Waals surface area contributed by atoms with E-state index in [1.807, 2.05) is 43.4 Å². The predicted molar refractivity (Wildman–Crippen MR) is 77.8 cm³/mol. The molecule has 0 fully saturated rings. The Balaban J connectivity index is 1.99. The monoisotopic (exact) mass is 255 g/mol. The highest BCUT2D eigenvalue weighted by atomic mass is 16.5. The lowest BCUT2D eigenvalue weighted by molar-refractivity contribution is 0.313. The van der Waals surface area contributed by atoms with Gasteiger partial charge in [-0.25, -0.2) is 0 Å². The Kier molecular flexibility index (Phi) is 3.38. The summed E-state index contributed by atoms with van der Waals surface area (Å²) in [7, 11) is 1.95. The molecule has 0 unspecified atom stereocenters. The van der Waals surface area contributed by atoms with E-state index in [4.69, 9.17) is 9.15 Å². The minimum atomic E-state index is 0.708. The first-order valence-electron chi connectivity index (χ1n) is 6.58. The largest absolute Gasteiger partial charge is 0.493 e. The SMILES string of the molecule is CNCCCOc1cccc2oc3ccccc3c12. The number of rotatable bonds is 5. The van der Waals surface area contributed by atoms with Crippen LogP contribution in [0.3, 0.4) is 0 Å². The summed E-state index contributed by atoms with van der Waals surface area (Å²) >= 11 is 0. The van der Waals surface area contributed by atoms with Crippen molar-refractivity contribution in [3.63, 3.8) is 0 Å². The lowest BCUT2D eigenvalue weighted by atomic mass is 10.1. The van der Waals surface area contributed by atoms with E-state index < -0.39 is 0 Å². The molecule has 3 heteroatoms. The summed E-state index contributed by atoms with van der Waals surface area (Å²) in [6, 6.07) is 14.0. The maximum absolute atomic E-state index is 5.89. The molecule has 98 valence electrons. The van der Waals surface area contributed by atoms with Crippen molar-refractivity contribution < 1.29 is 9.15 Å². The van der Waals surface area contributed by atoms with Crippen molar-refractivity contribution in [2.24, 2.45) is 0 Å². The van der Waals surface area contributed by atoms with Gasteiger partial charge in [0.15, 0.2) is 0 Å². The average molecular weight is 255 g/mol. The van der Waals surface area contributed by atoms with Crippen molar-refractivity contribution in [2.75, 3.05) is 20.2 Å². The third-order valence-electron chi connectivity index (χ3n) is 3.19. The number of benzene rings is 2. The zero-order chi connectivity index (χ0) is 13.1. The van der Waals surface area contributed by atoms with E-state index in [-0.39, 0.29) is 0 Å². The molecule has 3 aromatic rings. The van der Waals surface area contributed by atoms with Crippen LogP contribution in [0.2, 0.25) is 0 Å². The second kappa shape index (κ2) is 5.33. The molecular formula is C16H17NO2. The van der Waals surface area contributed by atoms with Gasteiger partial charge >= 0.3 is 0 Å². The smallest absolute Gasteiger partial charge is 0.139 e. The van der Waals surface area contributed by atoms with Crippen molar-refractivity contribution in [1.29, 1.82) is 0 Å². The molecule has 0 radical (unpaired) electrons. The lowest BCUT2D eigenvalue weighted by Gasteiger charge is -2.06. The van der Waals surface area contributed by atoms with Crippen LogP contribution in [0, 0.1) is 0 Å². The molecule has 0 atom stereocenters. The second-order valence-electron chi connectivity index (χ2n) is 4.53. The van der Waals surface area contributed by atoms with Crippen LogP contribution in [0.15, 0.2) is 46.9 Å². The number of fused-ring (bicyclic) bond motifs is 3. The fraction of sp³-hybridized carbons (Fsp3) is 0.250. The first kappa shape index (κ1) is 12.1. The van der Waals surface area contributed by atoms with Gasteiger partial charge in [0, 0.05) is 5.39 Å². The Morgan fingerprint density at radius 2 is 1.89 bits per heavy atom. The Morgan fingerprint density at radius 1 is 1.05 bits per heavy atom. The van der Waals surface area contributed by atoms with E-state index >= 15 is 0 Å². The van der Waals surface area contributed by atoms with E-state index in [1.165, 1.54) is 0 Å². The molecule has 3 nitrogen and oxygen atoms in total. The van der Waals surface area contributed by atoms with Crippen LogP contribution < -0.4 is 10.1 Å². The minimum absolute atomic E-state index is 0.708. The van der Waals surface area contributed by atoms with Crippen molar-refractivity contribution in [3.8, 4) is 5.75 Å². The van der Waals surface area contributed by atoms with Gasteiger partial charge in [-0.3, -0.25) is 0 Å². The average Bonchev–Trinajstić information content (AvgIpc) is 2.83. The van der Waals surface area contributed by atoms with E-state index in [1.54, 1.807) is 0 Å². The lowest BCUT2D eigenvalue weighted by Crippen LogP contribution is -2.11. The van der Waals surface area contributed by atoms with Crippen molar-refractivity contribution in [2.45, 2.75) is 6.42 Å². The standard InChI is InChI=1S/C16H17NO2/c1-17-10-5-11-18-14-8-4-9-15-16(14)12-6-2-3-7-13(12)19-15/h2-4,6-9,17H,5,10-11H2,1H3. The van der Waals surface area contributed by atoms with Gasteiger partial charge in [-0.15, -0.1) is 0 Å². The Bertz CT molecular complexity index is 687. The molecule has 0 spiro atoms. The fourth-order valence-corrected chi connectivity index (χ4v) is 2.29. The topological polar surface area (TPSA) is 34.4 Å². The van der Waals surface area contributed by atoms with E-state index in [0.29, 0.717) is 6.61 Å². The highest BCUT2D eigenvalue weighted by molar-refractivity contribution is 6.08. The van der Waals surface area contributed by atoms with Crippen molar-refractivity contribution in [3.05, 3.63) is 42.5 Å². The number of furan rings is 1. The fourth-order valence-electron chi connectivity index (χ4n) is 2.29. The molecule has 0 saturated carbocycles. The molecule has 0 aliphatic rings. The number of nitrogens with one attached hydrogen (secondary N) is 1. The highest BCUT2D eigenvalue weighted by Crippen LogP contribution is 2.35. The van der Waals surface area contributed by atoms with Gasteiger partial charge in [-0.2, -0.15) is 0 Å². The van der Waals surface area contributed by atoms with Crippen LogP contribution in [-0.4, -0.2) is 20.2 Å². The molecule has 0 saturated heterocycles. The summed E-state index contributed by atoms with van der Waals surface area (Å²) in [6.45, 7) is 1.67. The van der Waals surface area contributed by atoms with Gasteiger partial charge in [0.25, 0.3) is 0 Å². The molecule has 1 N–H and O–H groups in total. The third kappa shape index (κ3) is 2.29. The summed E-state index contributed by atoms with van der Waals surface area (Å²) in [5.74, 6) is 0.901. The summed E-state index contributed by atoms with van der Waals surface area (Å²) in [5.41, 5.74) is 1.79. The molecule has 1 aromatic heterocycles. The van der Waals surface area contributed by atoms with Gasteiger partial charge in [-0.1, -0.05) is 24.3 Å². The zero-order valence-corrected chi connectivity index (χ0v) is 11.0. The third-order valence-corrected chi connectivity index (χ3v) is 3.19. The second-order valence-corrected chi connectivity index (χ2v) is 4.53. The zero-order valence-electron chi connectivity index (χ0n) is 11.0. The first-order chi connectivity index (χ1) is 9.40. The predicted octanol–water partition coefficient (Wildman–Crippen LogP) is 3.57. The molecule has 3 rings (SSSR count). The molecule has 19 heavy (non-hydrogen) atoms. The van der Waals surface area contributed by atoms with E-state index in [9.17, 15) is 0 Å². The van der Waals surface area contributed by atoms with Crippen molar-refractivity contribution in [1.82, 2.24) is 5.32 Å². The summed E-state index contributed by atoms with van der Waals surface area (Å²) in [5, 5.41) is 5.30. The maximum atomic E-state index is 5.89. The number of para-hydroxylation sites is 1.